The van der Waals surface area contributed by atoms with Gasteiger partial charge in [-0.25, -0.2) is 13.8 Å². The van der Waals surface area contributed by atoms with Gasteiger partial charge in [-0.15, -0.1) is 0 Å². The van der Waals surface area contributed by atoms with E-state index in [0.717, 1.165) is 23.2 Å². The third kappa shape index (κ3) is 4.66. The van der Waals surface area contributed by atoms with Crippen LogP contribution in [0.4, 0.5) is 8.78 Å². The van der Waals surface area contributed by atoms with Crippen LogP contribution in [0.1, 0.15) is 16.8 Å². The maximum Gasteiger partial charge on any atom is 0.254 e. The molecule has 2 aromatic carbocycles. The molecule has 0 aliphatic rings. The molecular formula is C19H18F2N4O2. The fraction of sp³-hybridized carbons (Fsp3) is 0.211. The number of carbonyl (C=O) groups excluding carboxylic acids is 2. The lowest BCUT2D eigenvalue weighted by atomic mass is 10.2. The van der Waals surface area contributed by atoms with Crippen molar-refractivity contribution in [3.63, 3.8) is 0 Å². The van der Waals surface area contributed by atoms with Crippen molar-refractivity contribution < 1.29 is 18.4 Å². The molecule has 0 radical (unpaired) electrons. The van der Waals surface area contributed by atoms with Gasteiger partial charge in [0.05, 0.1) is 29.5 Å². The lowest BCUT2D eigenvalue weighted by Gasteiger charge is -2.08. The highest BCUT2D eigenvalue weighted by Gasteiger charge is 2.13. The van der Waals surface area contributed by atoms with E-state index in [-0.39, 0.29) is 18.0 Å². The number of aryl methyl sites for hydroxylation is 1. The zero-order valence-electron chi connectivity index (χ0n) is 14.4. The molecule has 3 rings (SSSR count). The predicted octanol–water partition coefficient (Wildman–Crippen LogP) is 2.25. The average molecular weight is 372 g/mol. The number of fused-ring (bicyclic) bond motifs is 1. The fourth-order valence-electron chi connectivity index (χ4n) is 2.66. The zero-order valence-corrected chi connectivity index (χ0v) is 14.4. The number of amides is 2. The first-order valence-electron chi connectivity index (χ1n) is 8.44. The van der Waals surface area contributed by atoms with Gasteiger partial charge in [0.2, 0.25) is 5.91 Å². The summed E-state index contributed by atoms with van der Waals surface area (Å²) in [4.78, 5) is 27.9. The maximum atomic E-state index is 13.5. The molecule has 2 N–H and O–H groups in total. The highest BCUT2D eigenvalue weighted by molar-refractivity contribution is 5.96. The number of rotatable bonds is 7. The highest BCUT2D eigenvalue weighted by atomic mass is 19.1. The Morgan fingerprint density at radius 1 is 1.07 bits per heavy atom. The minimum Gasteiger partial charge on any atom is -0.355 e. The van der Waals surface area contributed by atoms with Gasteiger partial charge < -0.3 is 15.2 Å². The van der Waals surface area contributed by atoms with E-state index in [1.165, 1.54) is 0 Å². The number of nitrogens with one attached hydrogen (secondary N) is 2. The van der Waals surface area contributed by atoms with Gasteiger partial charge in [-0.1, -0.05) is 12.1 Å². The normalized spacial score (nSPS) is 10.7. The van der Waals surface area contributed by atoms with E-state index in [9.17, 15) is 18.4 Å². The van der Waals surface area contributed by atoms with Crippen molar-refractivity contribution in [1.82, 2.24) is 20.2 Å². The van der Waals surface area contributed by atoms with Gasteiger partial charge in [0, 0.05) is 19.2 Å². The van der Waals surface area contributed by atoms with Gasteiger partial charge in [-0.3, -0.25) is 9.59 Å². The monoisotopic (exact) mass is 372 g/mol. The number of carbonyl (C=O) groups is 2. The van der Waals surface area contributed by atoms with E-state index in [4.69, 9.17) is 0 Å². The Morgan fingerprint density at radius 2 is 1.89 bits per heavy atom. The van der Waals surface area contributed by atoms with Crippen LogP contribution in [0, 0.1) is 11.6 Å². The van der Waals surface area contributed by atoms with Gasteiger partial charge in [0.15, 0.2) is 0 Å². The molecule has 0 saturated carbocycles. The lowest BCUT2D eigenvalue weighted by molar-refractivity contribution is -0.120. The van der Waals surface area contributed by atoms with Crippen LogP contribution < -0.4 is 10.6 Å². The Kier molecular flexibility index (Phi) is 5.75. The smallest absolute Gasteiger partial charge is 0.254 e. The van der Waals surface area contributed by atoms with Crippen LogP contribution >= 0.6 is 0 Å². The Balaban J connectivity index is 1.40. The number of hydrogen-bond donors (Lipinski definition) is 2. The summed E-state index contributed by atoms with van der Waals surface area (Å²) in [6, 6.07) is 10.4. The van der Waals surface area contributed by atoms with E-state index < -0.39 is 17.5 Å². The first-order valence-corrected chi connectivity index (χ1v) is 8.44. The number of benzene rings is 2. The van der Waals surface area contributed by atoms with Crippen LogP contribution in [0.15, 0.2) is 48.8 Å². The van der Waals surface area contributed by atoms with E-state index >= 15 is 0 Å². The van der Waals surface area contributed by atoms with Crippen LogP contribution in [0.5, 0.6) is 0 Å². The summed E-state index contributed by atoms with van der Waals surface area (Å²) < 4.78 is 28.4. The minimum atomic E-state index is -0.972. The summed E-state index contributed by atoms with van der Waals surface area (Å²) in [6.07, 6.45) is 2.44. The van der Waals surface area contributed by atoms with E-state index in [0.29, 0.717) is 25.6 Å². The fourth-order valence-corrected chi connectivity index (χ4v) is 2.66. The number of para-hydroxylation sites is 2. The van der Waals surface area contributed by atoms with Crippen LogP contribution in [0.3, 0.4) is 0 Å². The van der Waals surface area contributed by atoms with E-state index in [1.54, 1.807) is 6.33 Å². The third-order valence-corrected chi connectivity index (χ3v) is 4.01. The Hall–Kier alpha value is -3.29. The second-order valence-electron chi connectivity index (χ2n) is 5.94. The molecule has 0 atom stereocenters. The Labute approximate surface area is 154 Å². The van der Waals surface area contributed by atoms with Crippen molar-refractivity contribution in [2.75, 3.05) is 13.1 Å². The van der Waals surface area contributed by atoms with Crippen molar-refractivity contribution in [2.24, 2.45) is 0 Å². The zero-order chi connectivity index (χ0) is 19.2. The molecule has 27 heavy (non-hydrogen) atoms. The van der Waals surface area contributed by atoms with E-state index in [2.05, 4.69) is 15.6 Å². The molecule has 8 heteroatoms. The van der Waals surface area contributed by atoms with Gasteiger partial charge in [0.25, 0.3) is 5.91 Å². The maximum absolute atomic E-state index is 13.5. The van der Waals surface area contributed by atoms with Crippen LogP contribution in [-0.2, 0) is 11.3 Å². The molecule has 0 saturated heterocycles. The van der Waals surface area contributed by atoms with Crippen molar-refractivity contribution in [1.29, 1.82) is 0 Å². The van der Waals surface area contributed by atoms with Gasteiger partial charge >= 0.3 is 0 Å². The van der Waals surface area contributed by atoms with E-state index in [1.807, 2.05) is 28.8 Å². The number of halogens is 2. The van der Waals surface area contributed by atoms with Crippen LogP contribution in [0.25, 0.3) is 11.0 Å². The third-order valence-electron chi connectivity index (χ3n) is 4.01. The summed E-state index contributed by atoms with van der Waals surface area (Å²) in [5.41, 5.74) is 1.63. The van der Waals surface area contributed by atoms with Crippen molar-refractivity contribution in [2.45, 2.75) is 13.0 Å². The number of imidazole rings is 1. The molecule has 0 unspecified atom stereocenters. The standard InChI is InChI=1S/C19H18F2N4O2/c20-13-6-7-14(15(21)10-13)19(27)23-11-18(26)22-8-3-9-25-12-24-16-4-1-2-5-17(16)25/h1-2,4-7,10,12H,3,8-9,11H2,(H,22,26)(H,23,27). The van der Waals surface area contributed by atoms with Gasteiger partial charge in [-0.05, 0) is 30.7 Å². The van der Waals surface area contributed by atoms with Crippen LogP contribution in [-0.4, -0.2) is 34.5 Å². The molecule has 6 nitrogen and oxygen atoms in total. The molecule has 0 aliphatic heterocycles. The molecule has 0 aliphatic carbocycles. The van der Waals surface area contributed by atoms with Crippen LogP contribution in [0.2, 0.25) is 0 Å². The van der Waals surface area contributed by atoms with Crippen molar-refractivity contribution in [3.05, 3.63) is 66.0 Å². The summed E-state index contributed by atoms with van der Waals surface area (Å²) in [6.45, 7) is 0.823. The molecule has 0 spiro atoms. The molecular weight excluding hydrogens is 354 g/mol. The highest BCUT2D eigenvalue weighted by Crippen LogP contribution is 2.12. The number of aromatic nitrogens is 2. The number of nitrogens with zero attached hydrogens (tertiary/aromatic N) is 2. The predicted molar refractivity (Wildman–Crippen MR) is 96.1 cm³/mol. The summed E-state index contributed by atoms with van der Waals surface area (Å²) in [7, 11) is 0. The summed E-state index contributed by atoms with van der Waals surface area (Å²) in [5, 5.41) is 4.99. The summed E-state index contributed by atoms with van der Waals surface area (Å²) in [5.74, 6) is -2.90. The topological polar surface area (TPSA) is 76.0 Å². The second-order valence-corrected chi connectivity index (χ2v) is 5.94. The Bertz CT molecular complexity index is 971. The molecule has 0 fully saturated rings. The van der Waals surface area contributed by atoms with Crippen molar-refractivity contribution in [3.8, 4) is 0 Å². The SMILES string of the molecule is O=C(CNC(=O)c1ccc(F)cc1F)NCCCn1cnc2ccccc21. The lowest BCUT2D eigenvalue weighted by Crippen LogP contribution is -2.37. The molecule has 0 bridgehead atoms. The first-order chi connectivity index (χ1) is 13.0. The number of hydrogen-bond acceptors (Lipinski definition) is 3. The largest absolute Gasteiger partial charge is 0.355 e. The van der Waals surface area contributed by atoms with Crippen molar-refractivity contribution >= 4 is 22.8 Å². The molecule has 1 aromatic heterocycles. The average Bonchev–Trinajstić information content (AvgIpc) is 3.06. The second kappa shape index (κ2) is 8.39. The molecule has 2 amide bonds. The molecule has 3 aromatic rings. The van der Waals surface area contributed by atoms with Gasteiger partial charge in [-0.2, -0.15) is 0 Å². The molecule has 1 heterocycles. The summed E-state index contributed by atoms with van der Waals surface area (Å²) >= 11 is 0. The first kappa shape index (κ1) is 18.5. The molecule has 140 valence electrons. The minimum absolute atomic E-state index is 0.288. The Morgan fingerprint density at radius 3 is 2.70 bits per heavy atom. The van der Waals surface area contributed by atoms with Gasteiger partial charge in [0.1, 0.15) is 11.6 Å². The quantitative estimate of drug-likeness (QED) is 0.625.